The number of rotatable bonds is 12. The molecule has 2 amide bonds. The third kappa shape index (κ3) is 7.89. The van der Waals surface area contributed by atoms with Crippen LogP contribution in [-0.4, -0.2) is 50.4 Å². The molecule has 0 spiro atoms. The summed E-state index contributed by atoms with van der Waals surface area (Å²) in [6, 6.07) is 21.4. The maximum atomic E-state index is 14.0. The van der Waals surface area contributed by atoms with Crippen LogP contribution in [-0.2, 0) is 26.2 Å². The number of hydrogen-bond acceptors (Lipinski definition) is 5. The number of ether oxygens (including phenoxy) is 1. The van der Waals surface area contributed by atoms with Gasteiger partial charge in [-0.25, -0.2) is 8.42 Å². The van der Waals surface area contributed by atoms with E-state index in [1.807, 2.05) is 31.2 Å². The summed E-state index contributed by atoms with van der Waals surface area (Å²) in [6.07, 6.45) is 3.97. The van der Waals surface area contributed by atoms with Gasteiger partial charge in [0.05, 0.1) is 17.2 Å². The zero-order chi connectivity index (χ0) is 29.4. The Bertz CT molecular complexity index is 1410. The van der Waals surface area contributed by atoms with Crippen molar-refractivity contribution < 1.29 is 22.7 Å². The van der Waals surface area contributed by atoms with E-state index in [1.54, 1.807) is 49.4 Å². The second-order valence-corrected chi connectivity index (χ2v) is 12.8. The van der Waals surface area contributed by atoms with Gasteiger partial charge >= 0.3 is 0 Å². The molecule has 0 aromatic heterocycles. The number of amides is 2. The molecule has 0 unspecified atom stereocenters. The first-order valence-electron chi connectivity index (χ1n) is 13.8. The molecule has 3 aromatic rings. The van der Waals surface area contributed by atoms with Gasteiger partial charge in [-0.05, 0) is 80.8 Å². The van der Waals surface area contributed by atoms with E-state index < -0.39 is 28.5 Å². The smallest absolute Gasteiger partial charge is 0.264 e. The molecule has 1 aliphatic carbocycles. The topological polar surface area (TPSA) is 96.0 Å². The van der Waals surface area contributed by atoms with Gasteiger partial charge in [0.2, 0.25) is 11.8 Å². The summed E-state index contributed by atoms with van der Waals surface area (Å²) in [7, 11) is -4.13. The second kappa shape index (κ2) is 14.0. The van der Waals surface area contributed by atoms with Gasteiger partial charge in [0, 0.05) is 17.1 Å². The zero-order valence-electron chi connectivity index (χ0n) is 23.3. The number of nitrogens with one attached hydrogen (secondary N) is 1. The van der Waals surface area contributed by atoms with Crippen LogP contribution in [0.2, 0.25) is 0 Å². The maximum absolute atomic E-state index is 14.0. The Morgan fingerprint density at radius 1 is 0.976 bits per heavy atom. The van der Waals surface area contributed by atoms with Gasteiger partial charge in [-0.3, -0.25) is 13.9 Å². The molecular weight excluding hydrogens is 606 g/mol. The Labute approximate surface area is 250 Å². The van der Waals surface area contributed by atoms with Crippen LogP contribution in [0, 0.1) is 0 Å². The molecule has 4 rings (SSSR count). The number of nitrogens with zero attached hydrogens (tertiary/aromatic N) is 2. The van der Waals surface area contributed by atoms with Crippen LogP contribution in [0.4, 0.5) is 5.69 Å². The summed E-state index contributed by atoms with van der Waals surface area (Å²) in [5, 5.41) is 3.08. The van der Waals surface area contributed by atoms with E-state index in [4.69, 9.17) is 4.74 Å². The lowest BCUT2D eigenvalue weighted by Gasteiger charge is -2.32. The highest BCUT2D eigenvalue weighted by Gasteiger charge is 2.33. The van der Waals surface area contributed by atoms with Crippen LogP contribution in [0.3, 0.4) is 0 Å². The molecule has 1 saturated carbocycles. The van der Waals surface area contributed by atoms with Crippen molar-refractivity contribution in [2.75, 3.05) is 17.5 Å². The number of para-hydroxylation sites is 1. The highest BCUT2D eigenvalue weighted by molar-refractivity contribution is 9.10. The average molecular weight is 643 g/mol. The molecule has 3 aromatic carbocycles. The minimum Gasteiger partial charge on any atom is -0.494 e. The minimum atomic E-state index is -4.13. The molecule has 8 nitrogen and oxygen atoms in total. The van der Waals surface area contributed by atoms with Gasteiger partial charge in [-0.1, -0.05) is 59.1 Å². The van der Waals surface area contributed by atoms with Crippen LogP contribution in [0.1, 0.15) is 45.1 Å². The van der Waals surface area contributed by atoms with Gasteiger partial charge in [0.15, 0.2) is 0 Å². The van der Waals surface area contributed by atoms with Crippen LogP contribution < -0.4 is 14.4 Å². The molecule has 1 fully saturated rings. The predicted octanol–water partition coefficient (Wildman–Crippen LogP) is 5.52. The van der Waals surface area contributed by atoms with Crippen molar-refractivity contribution in [3.05, 3.63) is 88.9 Å². The summed E-state index contributed by atoms with van der Waals surface area (Å²) in [4.78, 5) is 28.8. The molecular formula is C31H36BrN3O5S. The summed E-state index contributed by atoms with van der Waals surface area (Å²) >= 11 is 3.43. The fourth-order valence-corrected chi connectivity index (χ4v) is 6.56. The highest BCUT2D eigenvalue weighted by Crippen LogP contribution is 2.26. The van der Waals surface area contributed by atoms with Crippen molar-refractivity contribution in [1.29, 1.82) is 0 Å². The highest BCUT2D eigenvalue weighted by atomic mass is 79.9. The molecule has 1 aliphatic rings. The van der Waals surface area contributed by atoms with Crippen molar-refractivity contribution in [2.24, 2.45) is 0 Å². The van der Waals surface area contributed by atoms with Crippen molar-refractivity contribution in [1.82, 2.24) is 10.2 Å². The van der Waals surface area contributed by atoms with E-state index in [1.165, 1.54) is 17.0 Å². The van der Waals surface area contributed by atoms with Gasteiger partial charge < -0.3 is 15.0 Å². The first-order valence-corrected chi connectivity index (χ1v) is 16.1. The maximum Gasteiger partial charge on any atom is 0.264 e. The Hall–Kier alpha value is -3.37. The molecule has 1 atom stereocenters. The number of halogens is 1. The fraction of sp³-hybridized carbons (Fsp3) is 0.355. The van der Waals surface area contributed by atoms with Crippen LogP contribution in [0.15, 0.2) is 88.2 Å². The first-order chi connectivity index (χ1) is 19.7. The molecule has 41 heavy (non-hydrogen) atoms. The van der Waals surface area contributed by atoms with Gasteiger partial charge in [-0.2, -0.15) is 0 Å². The minimum absolute atomic E-state index is 0.0316. The lowest BCUT2D eigenvalue weighted by Crippen LogP contribution is -2.52. The molecule has 0 aliphatic heterocycles. The molecule has 1 N–H and O–H groups in total. The Kier molecular flexibility index (Phi) is 10.4. The van der Waals surface area contributed by atoms with Gasteiger partial charge in [0.25, 0.3) is 10.0 Å². The van der Waals surface area contributed by atoms with Crippen LogP contribution in [0.5, 0.6) is 5.75 Å². The zero-order valence-corrected chi connectivity index (χ0v) is 25.7. The van der Waals surface area contributed by atoms with E-state index in [0.29, 0.717) is 18.0 Å². The molecule has 218 valence electrons. The number of anilines is 1. The third-order valence-corrected chi connectivity index (χ3v) is 9.50. The van der Waals surface area contributed by atoms with E-state index in [-0.39, 0.29) is 23.4 Å². The molecule has 10 heteroatoms. The summed E-state index contributed by atoms with van der Waals surface area (Å²) in [5.41, 5.74) is 1.17. The van der Waals surface area contributed by atoms with E-state index in [9.17, 15) is 18.0 Å². The molecule has 0 bridgehead atoms. The number of carbonyl (C=O) groups is 2. The Balaban J connectivity index is 1.65. The number of benzene rings is 3. The monoisotopic (exact) mass is 641 g/mol. The van der Waals surface area contributed by atoms with E-state index in [2.05, 4.69) is 21.2 Å². The van der Waals surface area contributed by atoms with Gasteiger partial charge in [-0.15, -0.1) is 0 Å². The second-order valence-electron chi connectivity index (χ2n) is 10.1. The Morgan fingerprint density at radius 3 is 2.22 bits per heavy atom. The van der Waals surface area contributed by atoms with Crippen molar-refractivity contribution in [3.8, 4) is 5.75 Å². The standard InChI is InChI=1S/C31H36BrN3O5S/c1-3-40-28-17-19-29(20-18-28)41(38,39)35(27-11-5-4-6-12-27)22-30(36)34(21-24-13-15-25(32)16-14-24)23(2)31(37)33-26-9-7-8-10-26/h4-6,11-20,23,26H,3,7-10,21-22H2,1-2H3,(H,33,37)/t23-/m1/s1. The SMILES string of the molecule is CCOc1ccc(S(=O)(=O)N(CC(=O)N(Cc2ccc(Br)cc2)[C@H](C)C(=O)NC2CCCC2)c2ccccc2)cc1. The van der Waals surface area contributed by atoms with Crippen molar-refractivity contribution >= 4 is 43.5 Å². The normalized spacial score (nSPS) is 14.3. The predicted molar refractivity (Wildman–Crippen MR) is 163 cm³/mol. The first kappa shape index (κ1) is 30.6. The van der Waals surface area contributed by atoms with Crippen molar-refractivity contribution in [2.45, 2.75) is 63.1 Å². The quantitative estimate of drug-likeness (QED) is 0.281. The molecule has 0 radical (unpaired) electrons. The van der Waals surface area contributed by atoms with Crippen LogP contribution in [0.25, 0.3) is 0 Å². The van der Waals surface area contributed by atoms with Crippen LogP contribution >= 0.6 is 15.9 Å². The summed E-state index contributed by atoms with van der Waals surface area (Å²) in [6.45, 7) is 3.67. The third-order valence-electron chi connectivity index (χ3n) is 7.18. The lowest BCUT2D eigenvalue weighted by molar-refractivity contribution is -0.139. The molecule has 0 heterocycles. The largest absolute Gasteiger partial charge is 0.494 e. The number of hydrogen-bond donors (Lipinski definition) is 1. The summed E-state index contributed by atoms with van der Waals surface area (Å²) in [5.74, 6) is -0.181. The van der Waals surface area contributed by atoms with E-state index in [0.717, 1.165) is 40.0 Å². The number of sulfonamides is 1. The fourth-order valence-electron chi connectivity index (χ4n) is 4.89. The summed E-state index contributed by atoms with van der Waals surface area (Å²) < 4.78 is 35.3. The Morgan fingerprint density at radius 2 is 1.61 bits per heavy atom. The lowest BCUT2D eigenvalue weighted by atomic mass is 10.1. The molecule has 0 saturated heterocycles. The van der Waals surface area contributed by atoms with E-state index >= 15 is 0 Å². The van der Waals surface area contributed by atoms with Crippen molar-refractivity contribution in [3.63, 3.8) is 0 Å². The number of carbonyl (C=O) groups excluding carboxylic acids is 2. The average Bonchev–Trinajstić information content (AvgIpc) is 3.49. The van der Waals surface area contributed by atoms with Gasteiger partial charge in [0.1, 0.15) is 18.3 Å².